The Morgan fingerprint density at radius 3 is 2.47 bits per heavy atom. The molecular weight excluding hydrogens is 220 g/mol. The van der Waals surface area contributed by atoms with Gasteiger partial charge in [0.05, 0.1) is 12.5 Å². The first-order valence-corrected chi connectivity index (χ1v) is 6.13. The molecule has 0 aromatic heterocycles. The van der Waals surface area contributed by atoms with Crippen molar-refractivity contribution in [2.24, 2.45) is 17.4 Å². The minimum absolute atomic E-state index is 0.0903. The molecule has 17 heavy (non-hydrogen) atoms. The molecule has 0 aliphatic carbocycles. The van der Waals surface area contributed by atoms with Crippen LogP contribution in [-0.2, 0) is 9.59 Å². The lowest BCUT2D eigenvalue weighted by Gasteiger charge is -2.45. The van der Waals surface area contributed by atoms with Crippen LogP contribution < -0.4 is 16.8 Å². The van der Waals surface area contributed by atoms with E-state index in [1.807, 2.05) is 0 Å². The van der Waals surface area contributed by atoms with Gasteiger partial charge in [0.1, 0.15) is 0 Å². The molecule has 0 aromatic carbocycles. The molecule has 2 amide bonds. The van der Waals surface area contributed by atoms with Gasteiger partial charge in [-0.2, -0.15) is 0 Å². The summed E-state index contributed by atoms with van der Waals surface area (Å²) in [6, 6.07) is -0.633. The first-order chi connectivity index (χ1) is 8.06. The van der Waals surface area contributed by atoms with Gasteiger partial charge >= 0.3 is 0 Å². The monoisotopic (exact) mass is 240 g/mol. The van der Waals surface area contributed by atoms with Crippen LogP contribution in [0.25, 0.3) is 0 Å². The molecule has 2 atom stereocenters. The van der Waals surface area contributed by atoms with Crippen molar-refractivity contribution in [3.8, 4) is 0 Å². The van der Waals surface area contributed by atoms with Gasteiger partial charge in [-0.1, -0.05) is 0 Å². The Balaban J connectivity index is 1.84. The minimum atomic E-state index is -0.817. The Bertz CT molecular complexity index is 313. The van der Waals surface area contributed by atoms with Crippen molar-refractivity contribution < 1.29 is 9.59 Å². The summed E-state index contributed by atoms with van der Waals surface area (Å²) >= 11 is 0. The van der Waals surface area contributed by atoms with Crippen LogP contribution in [0.1, 0.15) is 19.3 Å². The molecule has 6 heteroatoms. The number of nitrogens with one attached hydrogen (secondary N) is 1. The highest BCUT2D eigenvalue weighted by atomic mass is 16.2. The lowest BCUT2D eigenvalue weighted by atomic mass is 9.84. The Kier molecular flexibility index (Phi) is 3.63. The Morgan fingerprint density at radius 1 is 1.35 bits per heavy atom. The van der Waals surface area contributed by atoms with E-state index < -0.39 is 11.9 Å². The van der Waals surface area contributed by atoms with Crippen molar-refractivity contribution >= 4 is 11.8 Å². The fourth-order valence-electron chi connectivity index (χ4n) is 2.73. The zero-order valence-corrected chi connectivity index (χ0v) is 9.89. The second-order valence-corrected chi connectivity index (χ2v) is 5.03. The molecule has 3 saturated heterocycles. The summed E-state index contributed by atoms with van der Waals surface area (Å²) in [5.74, 6) is -0.242. The maximum Gasteiger partial charge on any atom is 0.237 e. The predicted molar refractivity (Wildman–Crippen MR) is 62.9 cm³/mol. The lowest BCUT2D eigenvalue weighted by molar-refractivity contribution is -0.127. The molecule has 5 N–H and O–H groups in total. The van der Waals surface area contributed by atoms with Crippen LogP contribution in [0.3, 0.4) is 0 Å². The summed E-state index contributed by atoms with van der Waals surface area (Å²) in [5, 5.41) is 2.94. The highest BCUT2D eigenvalue weighted by Crippen LogP contribution is 2.27. The predicted octanol–water partition coefficient (Wildman–Crippen LogP) is -1.60. The standard InChI is InChI=1S/C11H20N4O2/c12-8(5-10(13)16)11(17)14-9-6-15-3-1-7(9)2-4-15/h7-9H,1-6,12H2,(H2,13,16)(H,14,17). The number of carbonyl (C=O) groups is 2. The maximum atomic E-state index is 11.8. The van der Waals surface area contributed by atoms with Gasteiger partial charge in [0, 0.05) is 12.6 Å². The van der Waals surface area contributed by atoms with Crippen LogP contribution in [0, 0.1) is 5.92 Å². The van der Waals surface area contributed by atoms with Crippen LogP contribution >= 0.6 is 0 Å². The van der Waals surface area contributed by atoms with Gasteiger partial charge in [-0.15, -0.1) is 0 Å². The average molecular weight is 240 g/mol. The zero-order chi connectivity index (χ0) is 12.4. The van der Waals surface area contributed by atoms with Crippen molar-refractivity contribution in [3.63, 3.8) is 0 Å². The number of nitrogens with two attached hydrogens (primary N) is 2. The van der Waals surface area contributed by atoms with Gasteiger partial charge in [-0.3, -0.25) is 9.59 Å². The molecular formula is C11H20N4O2. The topological polar surface area (TPSA) is 101 Å². The molecule has 3 aliphatic rings. The van der Waals surface area contributed by atoms with Crippen LogP contribution in [0.5, 0.6) is 0 Å². The highest BCUT2D eigenvalue weighted by Gasteiger charge is 2.35. The third-order valence-electron chi connectivity index (χ3n) is 3.74. The molecule has 0 spiro atoms. The van der Waals surface area contributed by atoms with E-state index in [4.69, 9.17) is 11.5 Å². The number of hydrogen-bond donors (Lipinski definition) is 3. The van der Waals surface area contributed by atoms with E-state index in [0.717, 1.165) is 32.5 Å². The Hall–Kier alpha value is -1.14. The van der Waals surface area contributed by atoms with Gasteiger partial charge in [0.15, 0.2) is 0 Å². The SMILES string of the molecule is NC(=O)CC(N)C(=O)NC1CN2CCC1CC2. The highest BCUT2D eigenvalue weighted by molar-refractivity contribution is 5.87. The number of hydrogen-bond acceptors (Lipinski definition) is 4. The molecule has 3 heterocycles. The summed E-state index contributed by atoms with van der Waals surface area (Å²) in [6.45, 7) is 3.16. The van der Waals surface area contributed by atoms with Crippen molar-refractivity contribution in [2.75, 3.05) is 19.6 Å². The molecule has 3 rings (SSSR count). The van der Waals surface area contributed by atoms with E-state index in [1.54, 1.807) is 0 Å². The lowest BCUT2D eigenvalue weighted by Crippen LogP contribution is -2.59. The molecule has 0 saturated carbocycles. The number of primary amides is 1. The fraction of sp³-hybridized carbons (Fsp3) is 0.818. The molecule has 0 aromatic rings. The van der Waals surface area contributed by atoms with Crippen LogP contribution in [0.15, 0.2) is 0 Å². The summed E-state index contributed by atoms with van der Waals surface area (Å²) in [7, 11) is 0. The molecule has 3 aliphatic heterocycles. The second kappa shape index (κ2) is 5.01. The van der Waals surface area contributed by atoms with Gasteiger partial charge in [0.2, 0.25) is 11.8 Å². The van der Waals surface area contributed by atoms with Crippen molar-refractivity contribution in [2.45, 2.75) is 31.3 Å². The third-order valence-corrected chi connectivity index (χ3v) is 3.74. The molecule has 96 valence electrons. The summed E-state index contributed by atoms with van der Waals surface area (Å²) in [6.07, 6.45) is 2.18. The normalized spacial score (nSPS) is 33.1. The van der Waals surface area contributed by atoms with E-state index in [0.29, 0.717) is 5.92 Å². The maximum absolute atomic E-state index is 11.8. The number of nitrogens with zero attached hydrogens (tertiary/aromatic N) is 1. The number of carbonyl (C=O) groups excluding carboxylic acids is 2. The average Bonchev–Trinajstić information content (AvgIpc) is 2.29. The molecule has 6 nitrogen and oxygen atoms in total. The summed E-state index contributed by atoms with van der Waals surface area (Å²) < 4.78 is 0. The van der Waals surface area contributed by atoms with Crippen LogP contribution in [-0.4, -0.2) is 48.4 Å². The smallest absolute Gasteiger partial charge is 0.237 e. The molecule has 2 unspecified atom stereocenters. The van der Waals surface area contributed by atoms with Crippen molar-refractivity contribution in [1.82, 2.24) is 10.2 Å². The van der Waals surface area contributed by atoms with E-state index in [9.17, 15) is 9.59 Å². The Morgan fingerprint density at radius 2 is 2.00 bits per heavy atom. The zero-order valence-electron chi connectivity index (χ0n) is 9.89. The third kappa shape index (κ3) is 2.95. The summed E-state index contributed by atoms with van der Waals surface area (Å²) in [5.41, 5.74) is 10.6. The number of fused-ring (bicyclic) bond motifs is 3. The quantitative estimate of drug-likeness (QED) is 0.551. The van der Waals surface area contributed by atoms with E-state index in [1.165, 1.54) is 0 Å². The van der Waals surface area contributed by atoms with Crippen LogP contribution in [0.4, 0.5) is 0 Å². The second-order valence-electron chi connectivity index (χ2n) is 5.03. The van der Waals surface area contributed by atoms with Crippen molar-refractivity contribution in [1.29, 1.82) is 0 Å². The number of rotatable bonds is 4. The van der Waals surface area contributed by atoms with Crippen molar-refractivity contribution in [3.05, 3.63) is 0 Å². The Labute approximate surface area is 101 Å². The summed E-state index contributed by atoms with van der Waals surface area (Å²) in [4.78, 5) is 24.8. The molecule has 3 fully saturated rings. The van der Waals surface area contributed by atoms with Gasteiger partial charge in [-0.25, -0.2) is 0 Å². The number of piperidine rings is 3. The first-order valence-electron chi connectivity index (χ1n) is 6.13. The fourth-order valence-corrected chi connectivity index (χ4v) is 2.73. The van der Waals surface area contributed by atoms with Crippen LogP contribution in [0.2, 0.25) is 0 Å². The van der Waals surface area contributed by atoms with E-state index in [-0.39, 0.29) is 18.4 Å². The van der Waals surface area contributed by atoms with E-state index >= 15 is 0 Å². The van der Waals surface area contributed by atoms with Gasteiger partial charge in [0.25, 0.3) is 0 Å². The minimum Gasteiger partial charge on any atom is -0.370 e. The van der Waals surface area contributed by atoms with Gasteiger partial charge in [-0.05, 0) is 31.8 Å². The molecule has 0 radical (unpaired) electrons. The first kappa shape index (κ1) is 12.3. The molecule has 2 bridgehead atoms. The van der Waals surface area contributed by atoms with E-state index in [2.05, 4.69) is 10.2 Å². The largest absolute Gasteiger partial charge is 0.370 e. The number of amides is 2. The van der Waals surface area contributed by atoms with Gasteiger partial charge < -0.3 is 21.7 Å².